The van der Waals surface area contributed by atoms with E-state index < -0.39 is 0 Å². The Labute approximate surface area is 108 Å². The van der Waals surface area contributed by atoms with E-state index in [-0.39, 0.29) is 5.82 Å². The Bertz CT molecular complexity index is 395. The summed E-state index contributed by atoms with van der Waals surface area (Å²) in [5.41, 5.74) is 2.22. The number of likely N-dealkylation sites (N-methyl/N-ethyl adjacent to an activating group) is 1. The largest absolute Gasteiger partial charge is 0.368 e. The van der Waals surface area contributed by atoms with Crippen LogP contribution in [0, 0.1) is 5.82 Å². The third-order valence-corrected chi connectivity index (χ3v) is 3.21. The second kappa shape index (κ2) is 6.01. The van der Waals surface area contributed by atoms with Crippen molar-refractivity contribution >= 4 is 5.69 Å². The molecule has 1 aromatic rings. The summed E-state index contributed by atoms with van der Waals surface area (Å²) in [4.78, 5) is 2.20. The van der Waals surface area contributed by atoms with E-state index in [2.05, 4.69) is 23.7 Å². The topological polar surface area (TPSA) is 15.3 Å². The summed E-state index contributed by atoms with van der Waals surface area (Å²) in [5.74, 6) is -0.191. The molecule has 0 spiro atoms. The Balaban J connectivity index is 1.87. The lowest BCUT2D eigenvalue weighted by Crippen LogP contribution is -2.29. The average molecular weight is 248 g/mol. The van der Waals surface area contributed by atoms with Crippen LogP contribution < -0.4 is 10.2 Å². The molecule has 18 heavy (non-hydrogen) atoms. The van der Waals surface area contributed by atoms with Crippen molar-refractivity contribution in [3.05, 3.63) is 42.2 Å². The van der Waals surface area contributed by atoms with Crippen LogP contribution in [-0.2, 0) is 0 Å². The second-order valence-electron chi connectivity index (χ2n) is 4.90. The fraction of sp³-hybridized carbons (Fsp3) is 0.467. The van der Waals surface area contributed by atoms with Crippen molar-refractivity contribution in [2.45, 2.75) is 25.8 Å². The standard InChI is InChI=1S/C15H21FN2/c1-3-18(15-8-4-13(16)5-9-15)11-12(2)10-17-14-6-7-14/h4-5,8-9,14,17H,2-3,6-7,10-11H2,1H3. The zero-order valence-electron chi connectivity index (χ0n) is 11.0. The molecule has 0 aromatic heterocycles. The Morgan fingerprint density at radius 3 is 2.61 bits per heavy atom. The first-order valence-electron chi connectivity index (χ1n) is 6.59. The molecule has 0 radical (unpaired) electrons. The first kappa shape index (κ1) is 13.1. The second-order valence-corrected chi connectivity index (χ2v) is 4.90. The molecule has 3 heteroatoms. The Kier molecular flexibility index (Phi) is 4.37. The Hall–Kier alpha value is -1.35. The van der Waals surface area contributed by atoms with Crippen LogP contribution in [-0.4, -0.2) is 25.7 Å². The number of rotatable bonds is 7. The van der Waals surface area contributed by atoms with E-state index in [1.165, 1.54) is 30.5 Å². The molecule has 0 amide bonds. The van der Waals surface area contributed by atoms with E-state index in [9.17, 15) is 4.39 Å². The molecule has 0 bridgehead atoms. The number of anilines is 1. The predicted octanol–water partition coefficient (Wildman–Crippen LogP) is 2.96. The number of nitrogens with zero attached hydrogens (tertiary/aromatic N) is 1. The minimum absolute atomic E-state index is 0.191. The first-order chi connectivity index (χ1) is 8.69. The number of hydrogen-bond donors (Lipinski definition) is 1. The number of benzene rings is 1. The third kappa shape index (κ3) is 3.84. The number of hydrogen-bond acceptors (Lipinski definition) is 2. The normalized spacial score (nSPS) is 14.6. The lowest BCUT2D eigenvalue weighted by molar-refractivity contribution is 0.627. The maximum absolute atomic E-state index is 12.9. The molecule has 1 aromatic carbocycles. The van der Waals surface area contributed by atoms with Gasteiger partial charge in [0.2, 0.25) is 0 Å². The highest BCUT2D eigenvalue weighted by Crippen LogP contribution is 2.19. The highest BCUT2D eigenvalue weighted by atomic mass is 19.1. The quantitative estimate of drug-likeness (QED) is 0.746. The highest BCUT2D eigenvalue weighted by molar-refractivity contribution is 5.47. The summed E-state index contributed by atoms with van der Waals surface area (Å²) in [6.45, 7) is 8.80. The summed E-state index contributed by atoms with van der Waals surface area (Å²) >= 11 is 0. The predicted molar refractivity (Wildman–Crippen MR) is 74.5 cm³/mol. The van der Waals surface area contributed by atoms with Crippen molar-refractivity contribution < 1.29 is 4.39 Å². The Morgan fingerprint density at radius 2 is 2.06 bits per heavy atom. The van der Waals surface area contributed by atoms with Gasteiger partial charge in [-0.25, -0.2) is 4.39 Å². The van der Waals surface area contributed by atoms with Gasteiger partial charge in [0.15, 0.2) is 0 Å². The lowest BCUT2D eigenvalue weighted by Gasteiger charge is -2.24. The smallest absolute Gasteiger partial charge is 0.123 e. The molecular weight excluding hydrogens is 227 g/mol. The molecule has 1 aliphatic rings. The van der Waals surface area contributed by atoms with Gasteiger partial charge in [-0.2, -0.15) is 0 Å². The molecule has 98 valence electrons. The van der Waals surface area contributed by atoms with Crippen LogP contribution >= 0.6 is 0 Å². The van der Waals surface area contributed by atoms with Crippen LogP contribution in [0.4, 0.5) is 10.1 Å². The molecule has 0 aliphatic heterocycles. The molecule has 2 nitrogen and oxygen atoms in total. The summed E-state index contributed by atoms with van der Waals surface area (Å²) in [5, 5.41) is 3.46. The van der Waals surface area contributed by atoms with Gasteiger partial charge in [-0.3, -0.25) is 0 Å². The van der Waals surface area contributed by atoms with Crippen molar-refractivity contribution in [3.63, 3.8) is 0 Å². The molecule has 1 aliphatic carbocycles. The van der Waals surface area contributed by atoms with Gasteiger partial charge in [-0.05, 0) is 49.6 Å². The summed E-state index contributed by atoms with van der Waals surface area (Å²) < 4.78 is 12.9. The third-order valence-electron chi connectivity index (χ3n) is 3.21. The molecule has 0 saturated heterocycles. The molecule has 1 fully saturated rings. The summed E-state index contributed by atoms with van der Waals surface area (Å²) in [6, 6.07) is 7.36. The maximum atomic E-state index is 12.9. The van der Waals surface area contributed by atoms with Gasteiger partial charge in [-0.1, -0.05) is 6.58 Å². The SMILES string of the molecule is C=C(CNC1CC1)CN(CC)c1ccc(F)cc1. The molecule has 1 N–H and O–H groups in total. The van der Waals surface area contributed by atoms with Crippen LogP contribution in [0.1, 0.15) is 19.8 Å². The maximum Gasteiger partial charge on any atom is 0.123 e. The molecule has 2 rings (SSSR count). The van der Waals surface area contributed by atoms with Crippen molar-refractivity contribution in [2.24, 2.45) is 0 Å². The van der Waals surface area contributed by atoms with Crippen LogP contribution in [0.25, 0.3) is 0 Å². The fourth-order valence-corrected chi connectivity index (χ4v) is 1.94. The van der Waals surface area contributed by atoms with E-state index in [1.807, 2.05) is 12.1 Å². The molecule has 0 atom stereocenters. The van der Waals surface area contributed by atoms with Gasteiger partial charge in [0, 0.05) is 31.4 Å². The minimum Gasteiger partial charge on any atom is -0.368 e. The van der Waals surface area contributed by atoms with E-state index in [4.69, 9.17) is 0 Å². The molecular formula is C15H21FN2. The van der Waals surface area contributed by atoms with E-state index in [0.29, 0.717) is 6.04 Å². The van der Waals surface area contributed by atoms with Crippen LogP contribution in [0.3, 0.4) is 0 Å². The summed E-state index contributed by atoms with van der Waals surface area (Å²) in [6.07, 6.45) is 2.59. The van der Waals surface area contributed by atoms with Crippen molar-refractivity contribution in [2.75, 3.05) is 24.5 Å². The van der Waals surface area contributed by atoms with Crippen molar-refractivity contribution in [1.82, 2.24) is 5.32 Å². The monoisotopic (exact) mass is 248 g/mol. The zero-order valence-corrected chi connectivity index (χ0v) is 11.0. The number of nitrogens with one attached hydrogen (secondary N) is 1. The number of halogens is 1. The minimum atomic E-state index is -0.191. The van der Waals surface area contributed by atoms with Crippen LogP contribution in [0.2, 0.25) is 0 Å². The van der Waals surface area contributed by atoms with Crippen molar-refractivity contribution in [1.29, 1.82) is 0 Å². The Morgan fingerprint density at radius 1 is 1.39 bits per heavy atom. The van der Waals surface area contributed by atoms with E-state index >= 15 is 0 Å². The first-order valence-corrected chi connectivity index (χ1v) is 6.59. The van der Waals surface area contributed by atoms with E-state index in [1.54, 1.807) is 0 Å². The molecule has 1 saturated carbocycles. The lowest BCUT2D eigenvalue weighted by atomic mass is 10.2. The molecule has 0 heterocycles. The van der Waals surface area contributed by atoms with Crippen LogP contribution in [0.5, 0.6) is 0 Å². The zero-order chi connectivity index (χ0) is 13.0. The van der Waals surface area contributed by atoms with Gasteiger partial charge >= 0.3 is 0 Å². The van der Waals surface area contributed by atoms with Gasteiger partial charge in [-0.15, -0.1) is 0 Å². The highest BCUT2D eigenvalue weighted by Gasteiger charge is 2.20. The molecule has 0 unspecified atom stereocenters. The van der Waals surface area contributed by atoms with Gasteiger partial charge in [0.1, 0.15) is 5.82 Å². The van der Waals surface area contributed by atoms with Gasteiger partial charge in [0.05, 0.1) is 0 Å². The van der Waals surface area contributed by atoms with E-state index in [0.717, 1.165) is 25.3 Å². The van der Waals surface area contributed by atoms with Crippen molar-refractivity contribution in [3.8, 4) is 0 Å². The van der Waals surface area contributed by atoms with Crippen LogP contribution in [0.15, 0.2) is 36.4 Å². The van der Waals surface area contributed by atoms with Gasteiger partial charge < -0.3 is 10.2 Å². The van der Waals surface area contributed by atoms with Gasteiger partial charge in [0.25, 0.3) is 0 Å². The fourth-order valence-electron chi connectivity index (χ4n) is 1.94. The summed E-state index contributed by atoms with van der Waals surface area (Å²) in [7, 11) is 0. The average Bonchev–Trinajstić information content (AvgIpc) is 3.19.